The summed E-state index contributed by atoms with van der Waals surface area (Å²) < 4.78 is 71.6. The van der Waals surface area contributed by atoms with E-state index in [-0.39, 0.29) is 24.9 Å². The van der Waals surface area contributed by atoms with E-state index >= 15 is 0 Å². The molecule has 0 spiro atoms. The van der Waals surface area contributed by atoms with Crippen LogP contribution < -0.4 is 10.5 Å². The molecule has 0 radical (unpaired) electrons. The Morgan fingerprint density at radius 3 is 2.65 bits per heavy atom. The summed E-state index contributed by atoms with van der Waals surface area (Å²) in [7, 11) is -3.42. The zero-order valence-corrected chi connectivity index (χ0v) is 13.4. The van der Waals surface area contributed by atoms with Gasteiger partial charge in [-0.3, -0.25) is 0 Å². The van der Waals surface area contributed by atoms with Crippen molar-refractivity contribution >= 4 is 9.92 Å². The average Bonchev–Trinajstić information content (AvgIpc) is 2.60. The number of halogens is 4. The molecule has 3 N–H and O–H groups in total. The van der Waals surface area contributed by atoms with E-state index in [0.29, 0.717) is 0 Å². The predicted molar refractivity (Wildman–Crippen MR) is 80.5 cm³/mol. The topological polar surface area (TPSA) is 67.5 Å². The van der Waals surface area contributed by atoms with Gasteiger partial charge in [0.1, 0.15) is 15.7 Å². The lowest BCUT2D eigenvalue weighted by molar-refractivity contribution is -0.147. The third-order valence-electron chi connectivity index (χ3n) is 3.64. The molecule has 4 nitrogen and oxygen atoms in total. The maximum atomic E-state index is 13.9. The van der Waals surface area contributed by atoms with Crippen LogP contribution in [0, 0.1) is 5.82 Å². The maximum Gasteiger partial charge on any atom is 0.411 e. The fourth-order valence-corrected chi connectivity index (χ4v) is 4.86. The molecule has 130 valence electrons. The summed E-state index contributed by atoms with van der Waals surface area (Å²) >= 11 is 0. The van der Waals surface area contributed by atoms with Gasteiger partial charge in [0.2, 0.25) is 0 Å². The summed E-state index contributed by atoms with van der Waals surface area (Å²) in [5, 5.41) is 0. The molecule has 0 saturated heterocycles. The Kier molecular flexibility index (Phi) is 5.03. The van der Waals surface area contributed by atoms with Crippen molar-refractivity contribution in [3.8, 4) is 0 Å². The zero-order valence-electron chi connectivity index (χ0n) is 12.6. The number of nitrogens with zero attached hydrogens (tertiary/aromatic N) is 1. The predicted octanol–water partition coefficient (Wildman–Crippen LogP) is 2.70. The highest BCUT2D eigenvalue weighted by Crippen LogP contribution is 2.30. The Balaban J connectivity index is 2.37. The van der Waals surface area contributed by atoms with Crippen molar-refractivity contribution in [2.45, 2.75) is 37.5 Å². The van der Waals surface area contributed by atoms with Crippen molar-refractivity contribution in [3.05, 3.63) is 35.6 Å². The minimum absolute atomic E-state index is 0.0903. The van der Waals surface area contributed by atoms with Crippen LogP contribution in [0.2, 0.25) is 0 Å². The molecule has 2 rings (SSSR count). The maximum absolute atomic E-state index is 13.9. The molecule has 3 atom stereocenters. The van der Waals surface area contributed by atoms with Gasteiger partial charge in [0, 0.05) is 12.1 Å². The molecule has 1 aliphatic heterocycles. The second-order valence-electron chi connectivity index (χ2n) is 5.88. The van der Waals surface area contributed by atoms with Crippen molar-refractivity contribution in [1.82, 2.24) is 4.72 Å². The number of benzene rings is 1. The minimum Gasteiger partial charge on any atom is -0.321 e. The van der Waals surface area contributed by atoms with E-state index in [1.165, 1.54) is 25.1 Å². The van der Waals surface area contributed by atoms with Crippen LogP contribution in [0.25, 0.3) is 0 Å². The number of alkyl halides is 3. The molecule has 0 fully saturated rings. The molecule has 1 heterocycles. The Morgan fingerprint density at radius 1 is 1.39 bits per heavy atom. The van der Waals surface area contributed by atoms with E-state index in [2.05, 4.69) is 9.08 Å². The number of hydrogen-bond donors (Lipinski definition) is 2. The summed E-state index contributed by atoms with van der Waals surface area (Å²) in [6.07, 6.45) is -4.59. The van der Waals surface area contributed by atoms with E-state index in [9.17, 15) is 21.8 Å². The zero-order chi connectivity index (χ0) is 17.3. The van der Waals surface area contributed by atoms with Gasteiger partial charge in [0.15, 0.2) is 6.04 Å². The van der Waals surface area contributed by atoms with Crippen LogP contribution in [-0.4, -0.2) is 28.7 Å². The summed E-state index contributed by atoms with van der Waals surface area (Å²) in [6.45, 7) is 1.57. The van der Waals surface area contributed by atoms with Crippen LogP contribution in [0.1, 0.15) is 25.3 Å². The van der Waals surface area contributed by atoms with E-state index < -0.39 is 39.2 Å². The van der Waals surface area contributed by atoms with Crippen molar-refractivity contribution in [1.29, 1.82) is 0 Å². The Labute approximate surface area is 132 Å². The van der Waals surface area contributed by atoms with Crippen molar-refractivity contribution in [2.75, 3.05) is 12.3 Å². The van der Waals surface area contributed by atoms with Gasteiger partial charge < -0.3 is 5.73 Å². The Morgan fingerprint density at radius 2 is 2.04 bits per heavy atom. The molecule has 0 amide bonds. The lowest BCUT2D eigenvalue weighted by Gasteiger charge is -2.27. The molecule has 1 unspecified atom stereocenters. The normalized spacial score (nSPS) is 28.5. The highest BCUT2D eigenvalue weighted by molar-refractivity contribution is 7.91. The fourth-order valence-electron chi connectivity index (χ4n) is 2.54. The van der Waals surface area contributed by atoms with Gasteiger partial charge >= 0.3 is 6.18 Å². The third-order valence-corrected chi connectivity index (χ3v) is 5.88. The first-order valence-electron chi connectivity index (χ1n) is 7.13. The molecule has 1 aromatic rings. The van der Waals surface area contributed by atoms with Crippen molar-refractivity contribution in [2.24, 2.45) is 10.1 Å². The molecule has 1 aliphatic rings. The quantitative estimate of drug-likeness (QED) is 0.821. The second kappa shape index (κ2) is 6.37. The third kappa shape index (κ3) is 4.42. The van der Waals surface area contributed by atoms with Crippen LogP contribution in [0.4, 0.5) is 17.6 Å². The van der Waals surface area contributed by atoms with Crippen LogP contribution in [0.15, 0.2) is 28.6 Å². The summed E-state index contributed by atoms with van der Waals surface area (Å²) in [5.74, 6) is -1.01. The van der Waals surface area contributed by atoms with Crippen molar-refractivity contribution < 1.29 is 21.8 Å². The van der Waals surface area contributed by atoms with Gasteiger partial charge in [-0.15, -0.1) is 0 Å². The molecule has 0 aromatic heterocycles. The SMILES string of the molecule is C[C@](N)(CS1(=O)=N[C@H](C(F)(F)F)CCCN1)c1ccccc1F. The fraction of sp³-hybridized carbons (Fsp3) is 0.571. The molecule has 0 aliphatic carbocycles. The molecule has 9 heteroatoms. The van der Waals surface area contributed by atoms with Gasteiger partial charge in [-0.2, -0.15) is 13.2 Å². The first-order chi connectivity index (χ1) is 10.5. The van der Waals surface area contributed by atoms with Crippen LogP contribution in [0.5, 0.6) is 0 Å². The molecular weight excluding hydrogens is 334 g/mol. The van der Waals surface area contributed by atoms with Crippen LogP contribution in [0.3, 0.4) is 0 Å². The summed E-state index contributed by atoms with van der Waals surface area (Å²) in [5.41, 5.74) is 4.73. The first kappa shape index (κ1) is 18.2. The number of rotatable bonds is 3. The lowest BCUT2D eigenvalue weighted by atomic mass is 9.95. The van der Waals surface area contributed by atoms with Gasteiger partial charge in [-0.05, 0) is 25.8 Å². The second-order valence-corrected chi connectivity index (χ2v) is 7.95. The van der Waals surface area contributed by atoms with Crippen LogP contribution in [-0.2, 0) is 15.5 Å². The summed E-state index contributed by atoms with van der Waals surface area (Å²) in [4.78, 5) is 0. The average molecular weight is 353 g/mol. The van der Waals surface area contributed by atoms with Crippen molar-refractivity contribution in [3.63, 3.8) is 0 Å². The minimum atomic E-state index is -4.56. The standard InChI is InChI=1S/C14H19F4N3OS/c1-13(19,10-5-2-3-6-11(10)15)9-23(22)20-8-4-7-12(21-23)14(16,17)18/h2-3,5-6,12H,4,7-9,19H2,1H3,(H,20,21,22)/t12-,13-,23?/m0/s1. The smallest absolute Gasteiger partial charge is 0.321 e. The Bertz CT molecular complexity index is 681. The first-order valence-corrected chi connectivity index (χ1v) is 8.81. The van der Waals surface area contributed by atoms with Gasteiger partial charge in [-0.1, -0.05) is 18.2 Å². The molecule has 0 bridgehead atoms. The Hall–Kier alpha value is -1.19. The molecule has 0 saturated carbocycles. The largest absolute Gasteiger partial charge is 0.411 e. The molecule has 1 aromatic carbocycles. The highest BCUT2D eigenvalue weighted by Gasteiger charge is 2.42. The van der Waals surface area contributed by atoms with E-state index in [1.54, 1.807) is 6.07 Å². The van der Waals surface area contributed by atoms with E-state index in [4.69, 9.17) is 5.73 Å². The molecular formula is C14H19F4N3OS. The van der Waals surface area contributed by atoms with Gasteiger partial charge in [-0.25, -0.2) is 17.7 Å². The highest BCUT2D eigenvalue weighted by atomic mass is 32.2. The van der Waals surface area contributed by atoms with Gasteiger partial charge in [0.05, 0.1) is 11.3 Å². The molecule has 23 heavy (non-hydrogen) atoms. The number of nitrogens with one attached hydrogen (secondary N) is 1. The monoisotopic (exact) mass is 353 g/mol. The summed E-state index contributed by atoms with van der Waals surface area (Å²) in [6, 6.07) is 3.66. The van der Waals surface area contributed by atoms with Gasteiger partial charge in [0.25, 0.3) is 0 Å². The number of hydrogen-bond acceptors (Lipinski definition) is 3. The van der Waals surface area contributed by atoms with Crippen LogP contribution >= 0.6 is 0 Å². The lowest BCUT2D eigenvalue weighted by Crippen LogP contribution is -2.45. The van der Waals surface area contributed by atoms with E-state index in [1.807, 2.05) is 0 Å². The number of nitrogens with two attached hydrogens (primary N) is 1. The van der Waals surface area contributed by atoms with E-state index in [0.717, 1.165) is 0 Å².